The van der Waals surface area contributed by atoms with Gasteiger partial charge in [0.15, 0.2) is 11.5 Å². The second-order valence-electron chi connectivity index (χ2n) is 4.96. The minimum atomic E-state index is -0.316. The van der Waals surface area contributed by atoms with Gasteiger partial charge in [0.05, 0.1) is 14.2 Å². The maximum absolute atomic E-state index is 12.1. The summed E-state index contributed by atoms with van der Waals surface area (Å²) < 4.78 is 10.4. The minimum absolute atomic E-state index is 0.00140. The molecule has 5 heteroatoms. The number of ether oxygens (including phenoxy) is 2. The van der Waals surface area contributed by atoms with E-state index in [1.165, 1.54) is 0 Å². The van der Waals surface area contributed by atoms with Crippen molar-refractivity contribution >= 4 is 11.6 Å². The van der Waals surface area contributed by atoms with E-state index in [9.17, 15) is 4.79 Å². The Morgan fingerprint density at radius 2 is 1.76 bits per heavy atom. The molecule has 0 fully saturated rings. The van der Waals surface area contributed by atoms with E-state index < -0.39 is 0 Å². The number of methoxy groups -OCH3 is 2. The lowest BCUT2D eigenvalue weighted by Crippen LogP contribution is -2.42. The number of hydrogen-bond acceptors (Lipinski definition) is 4. The number of carbonyl (C=O) groups excluding carboxylic acids is 1. The molecule has 1 rings (SSSR count). The number of carbonyl (C=O) groups is 1. The molecule has 0 heterocycles. The number of nitrogens with one attached hydrogen (secondary N) is 2. The van der Waals surface area contributed by atoms with E-state index in [0.717, 1.165) is 18.5 Å². The van der Waals surface area contributed by atoms with Crippen molar-refractivity contribution in [1.29, 1.82) is 0 Å². The molecule has 0 spiro atoms. The van der Waals surface area contributed by atoms with Crippen molar-refractivity contribution in [2.24, 2.45) is 0 Å². The molecular formula is C16H26N2O3. The fourth-order valence-corrected chi connectivity index (χ4v) is 2.06. The molecule has 1 aromatic rings. The fraction of sp³-hybridized carbons (Fsp3) is 0.562. The molecule has 0 radical (unpaired) electrons. The molecule has 0 aliphatic carbocycles. The van der Waals surface area contributed by atoms with Crippen LogP contribution in [-0.4, -0.2) is 32.2 Å². The van der Waals surface area contributed by atoms with Gasteiger partial charge in [0.1, 0.15) is 6.04 Å². The monoisotopic (exact) mass is 294 g/mol. The highest BCUT2D eigenvalue weighted by atomic mass is 16.5. The van der Waals surface area contributed by atoms with Gasteiger partial charge in [-0.1, -0.05) is 13.8 Å². The van der Waals surface area contributed by atoms with Crippen LogP contribution in [0.25, 0.3) is 0 Å². The predicted molar refractivity (Wildman–Crippen MR) is 85.1 cm³/mol. The van der Waals surface area contributed by atoms with Gasteiger partial charge in [-0.05, 0) is 31.9 Å². The summed E-state index contributed by atoms with van der Waals surface area (Å²) in [5.41, 5.74) is 0.819. The first-order chi connectivity index (χ1) is 10.0. The molecule has 5 nitrogen and oxygen atoms in total. The molecule has 0 aliphatic rings. The van der Waals surface area contributed by atoms with Crippen molar-refractivity contribution in [3.05, 3.63) is 18.2 Å². The summed E-state index contributed by atoms with van der Waals surface area (Å²) in [6.45, 7) is 5.98. The van der Waals surface area contributed by atoms with Gasteiger partial charge >= 0.3 is 0 Å². The maximum atomic E-state index is 12.1. The predicted octanol–water partition coefficient (Wildman–Crippen LogP) is 2.81. The molecule has 0 saturated heterocycles. The zero-order valence-electron chi connectivity index (χ0n) is 13.5. The summed E-state index contributed by atoms with van der Waals surface area (Å²) in [5.74, 6) is 1.30. The third-order valence-corrected chi connectivity index (χ3v) is 3.49. The van der Waals surface area contributed by atoms with E-state index in [4.69, 9.17) is 9.47 Å². The van der Waals surface area contributed by atoms with E-state index in [0.29, 0.717) is 11.5 Å². The summed E-state index contributed by atoms with van der Waals surface area (Å²) in [6.07, 6.45) is 1.87. The van der Waals surface area contributed by atoms with Crippen LogP contribution in [0.5, 0.6) is 11.5 Å². The quantitative estimate of drug-likeness (QED) is 0.774. The molecule has 2 N–H and O–H groups in total. The zero-order valence-corrected chi connectivity index (χ0v) is 13.5. The first-order valence-electron chi connectivity index (χ1n) is 7.34. The van der Waals surface area contributed by atoms with Gasteiger partial charge in [0, 0.05) is 17.8 Å². The van der Waals surface area contributed by atoms with Gasteiger partial charge in [-0.3, -0.25) is 4.79 Å². The second kappa shape index (κ2) is 8.39. The number of hydrogen-bond donors (Lipinski definition) is 2. The largest absolute Gasteiger partial charge is 0.493 e. The van der Waals surface area contributed by atoms with Crippen LogP contribution in [0.4, 0.5) is 5.69 Å². The highest BCUT2D eigenvalue weighted by Gasteiger charge is 2.16. The summed E-state index contributed by atoms with van der Waals surface area (Å²) in [4.78, 5) is 12.1. The molecule has 1 atom stereocenters. The van der Waals surface area contributed by atoms with Crippen LogP contribution in [0.2, 0.25) is 0 Å². The Labute approximate surface area is 127 Å². The topological polar surface area (TPSA) is 59.6 Å². The van der Waals surface area contributed by atoms with Crippen molar-refractivity contribution in [3.8, 4) is 11.5 Å². The molecule has 1 unspecified atom stereocenters. The van der Waals surface area contributed by atoms with E-state index in [1.54, 1.807) is 14.2 Å². The van der Waals surface area contributed by atoms with Crippen LogP contribution in [0.1, 0.15) is 33.6 Å². The Morgan fingerprint density at radius 3 is 2.29 bits per heavy atom. The Hall–Kier alpha value is -1.91. The number of amides is 1. The smallest absolute Gasteiger partial charge is 0.242 e. The first-order valence-corrected chi connectivity index (χ1v) is 7.34. The van der Waals surface area contributed by atoms with Crippen LogP contribution in [-0.2, 0) is 4.79 Å². The lowest BCUT2D eigenvalue weighted by atomic mass is 10.1. The van der Waals surface area contributed by atoms with Gasteiger partial charge in [-0.2, -0.15) is 0 Å². The molecule has 118 valence electrons. The van der Waals surface area contributed by atoms with Crippen LogP contribution >= 0.6 is 0 Å². The first kappa shape index (κ1) is 17.1. The molecule has 0 aromatic heterocycles. The average molecular weight is 294 g/mol. The minimum Gasteiger partial charge on any atom is -0.493 e. The molecule has 0 saturated carbocycles. The van der Waals surface area contributed by atoms with Crippen molar-refractivity contribution in [3.63, 3.8) is 0 Å². The summed E-state index contributed by atoms with van der Waals surface area (Å²) in [7, 11) is 3.18. The van der Waals surface area contributed by atoms with E-state index >= 15 is 0 Å². The van der Waals surface area contributed by atoms with E-state index in [1.807, 2.05) is 25.1 Å². The molecule has 0 aliphatic heterocycles. The number of rotatable bonds is 8. The van der Waals surface area contributed by atoms with Crippen LogP contribution in [0, 0.1) is 0 Å². The maximum Gasteiger partial charge on any atom is 0.242 e. The number of benzene rings is 1. The van der Waals surface area contributed by atoms with E-state index in [-0.39, 0.29) is 18.0 Å². The van der Waals surface area contributed by atoms with Gasteiger partial charge < -0.3 is 20.1 Å². The Kier molecular flexibility index (Phi) is 6.85. The van der Waals surface area contributed by atoms with Crippen molar-refractivity contribution in [2.45, 2.75) is 45.7 Å². The summed E-state index contributed by atoms with van der Waals surface area (Å²) in [6, 6.07) is 5.41. The Balaban J connectivity index is 2.69. The Bertz CT molecular complexity index is 459. The molecule has 21 heavy (non-hydrogen) atoms. The highest BCUT2D eigenvalue weighted by Crippen LogP contribution is 2.29. The van der Waals surface area contributed by atoms with Gasteiger partial charge in [-0.25, -0.2) is 0 Å². The molecule has 1 aromatic carbocycles. The third-order valence-electron chi connectivity index (χ3n) is 3.49. The lowest BCUT2D eigenvalue weighted by Gasteiger charge is -2.20. The summed E-state index contributed by atoms with van der Waals surface area (Å²) >= 11 is 0. The van der Waals surface area contributed by atoms with Gasteiger partial charge in [0.2, 0.25) is 5.91 Å². The third kappa shape index (κ3) is 4.85. The Morgan fingerprint density at radius 1 is 1.14 bits per heavy atom. The second-order valence-corrected chi connectivity index (χ2v) is 4.96. The van der Waals surface area contributed by atoms with Gasteiger partial charge in [-0.15, -0.1) is 0 Å². The van der Waals surface area contributed by atoms with Crippen LogP contribution in [0.3, 0.4) is 0 Å². The lowest BCUT2D eigenvalue weighted by molar-refractivity contribution is -0.122. The van der Waals surface area contributed by atoms with Crippen molar-refractivity contribution in [1.82, 2.24) is 5.32 Å². The van der Waals surface area contributed by atoms with Crippen LogP contribution < -0.4 is 20.1 Å². The molecule has 0 bridgehead atoms. The number of anilines is 1. The molecule has 1 amide bonds. The molecular weight excluding hydrogens is 268 g/mol. The highest BCUT2D eigenvalue weighted by molar-refractivity contribution is 5.84. The summed E-state index contributed by atoms with van der Waals surface area (Å²) in [5, 5.41) is 6.20. The normalized spacial score (nSPS) is 11.9. The fourth-order valence-electron chi connectivity index (χ4n) is 2.06. The van der Waals surface area contributed by atoms with Gasteiger partial charge in [0.25, 0.3) is 0 Å². The SMILES string of the molecule is CCC(CC)NC(=O)C(C)Nc1ccc(OC)c(OC)c1. The average Bonchev–Trinajstić information content (AvgIpc) is 2.51. The van der Waals surface area contributed by atoms with E-state index in [2.05, 4.69) is 24.5 Å². The van der Waals surface area contributed by atoms with Crippen molar-refractivity contribution < 1.29 is 14.3 Å². The zero-order chi connectivity index (χ0) is 15.8. The van der Waals surface area contributed by atoms with Crippen LogP contribution in [0.15, 0.2) is 18.2 Å². The standard InChI is InChI=1S/C16H26N2O3/c1-6-12(7-2)18-16(19)11(3)17-13-8-9-14(20-4)15(10-13)21-5/h8-12,17H,6-7H2,1-5H3,(H,18,19). The van der Waals surface area contributed by atoms with Crippen molar-refractivity contribution in [2.75, 3.05) is 19.5 Å².